The van der Waals surface area contributed by atoms with Crippen molar-refractivity contribution in [3.8, 4) is 0 Å². The second kappa shape index (κ2) is 6.74. The minimum Gasteiger partial charge on any atom is -0.368 e. The highest BCUT2D eigenvalue weighted by molar-refractivity contribution is 8.14. The highest BCUT2D eigenvalue weighted by Gasteiger charge is 2.33. The van der Waals surface area contributed by atoms with Crippen molar-refractivity contribution in [2.75, 3.05) is 35.2 Å². The molecule has 2 aliphatic heterocycles. The molecule has 1 amide bonds. The molecule has 0 aliphatic carbocycles. The number of anilines is 3. The normalized spacial score (nSPS) is 21.8. The van der Waals surface area contributed by atoms with Gasteiger partial charge in [0.15, 0.2) is 5.12 Å². The van der Waals surface area contributed by atoms with E-state index in [1.165, 1.54) is 25.1 Å². The molecule has 0 saturated carbocycles. The van der Waals surface area contributed by atoms with Crippen LogP contribution in [0.3, 0.4) is 0 Å². The van der Waals surface area contributed by atoms with Crippen molar-refractivity contribution in [2.45, 2.75) is 37.9 Å². The molecule has 3 heterocycles. The van der Waals surface area contributed by atoms with Crippen LogP contribution in [0.2, 0.25) is 0 Å². The first kappa shape index (κ1) is 16.0. The zero-order chi connectivity index (χ0) is 16.4. The van der Waals surface area contributed by atoms with Crippen molar-refractivity contribution >= 4 is 40.4 Å². The first-order chi connectivity index (χ1) is 11.0. The van der Waals surface area contributed by atoms with Crippen LogP contribution in [-0.2, 0) is 9.59 Å². The molecule has 0 aromatic carbocycles. The number of aromatic nitrogens is 2. The third-order valence-corrected chi connectivity index (χ3v) is 5.08. The molecular formula is C15H21N5O2S. The van der Waals surface area contributed by atoms with Crippen molar-refractivity contribution in [1.29, 1.82) is 0 Å². The molecule has 7 nitrogen and oxygen atoms in total. The fourth-order valence-corrected chi connectivity index (χ4v) is 3.99. The lowest BCUT2D eigenvalue weighted by Crippen LogP contribution is -2.31. The standard InChI is InChI=1S/C15H21N5O2S/c1-10(21)23-11-7-14(22)20(9-11)13-8-12(17-15(16)18-13)19-5-3-2-4-6-19/h8,11H,2-7,9H2,1H3,(H2,16,17,18). The zero-order valence-corrected chi connectivity index (χ0v) is 14.0. The summed E-state index contributed by atoms with van der Waals surface area (Å²) in [6.07, 6.45) is 3.87. The van der Waals surface area contributed by atoms with Crippen molar-refractivity contribution in [2.24, 2.45) is 0 Å². The number of nitrogens with zero attached hydrogens (tertiary/aromatic N) is 4. The molecule has 2 N–H and O–H groups in total. The van der Waals surface area contributed by atoms with E-state index in [4.69, 9.17) is 5.73 Å². The lowest BCUT2D eigenvalue weighted by molar-refractivity contribution is -0.117. The van der Waals surface area contributed by atoms with Crippen molar-refractivity contribution in [3.63, 3.8) is 0 Å². The summed E-state index contributed by atoms with van der Waals surface area (Å²) in [5.41, 5.74) is 5.85. The number of thioether (sulfide) groups is 1. The monoisotopic (exact) mass is 335 g/mol. The number of amides is 1. The minimum absolute atomic E-state index is 0.0189. The minimum atomic E-state index is -0.0218. The highest BCUT2D eigenvalue weighted by atomic mass is 32.2. The van der Waals surface area contributed by atoms with E-state index in [1.807, 2.05) is 6.07 Å². The molecule has 23 heavy (non-hydrogen) atoms. The van der Waals surface area contributed by atoms with Crippen LogP contribution in [0.4, 0.5) is 17.6 Å². The quantitative estimate of drug-likeness (QED) is 0.893. The van der Waals surface area contributed by atoms with Crippen LogP contribution in [0.5, 0.6) is 0 Å². The molecular weight excluding hydrogens is 314 g/mol. The number of nitrogen functional groups attached to an aromatic ring is 1. The number of hydrogen-bond donors (Lipinski definition) is 1. The van der Waals surface area contributed by atoms with Gasteiger partial charge in [-0.25, -0.2) is 0 Å². The first-order valence-corrected chi connectivity index (χ1v) is 8.78. The number of carbonyl (C=O) groups excluding carboxylic acids is 2. The smallest absolute Gasteiger partial charge is 0.229 e. The predicted octanol–water partition coefficient (Wildman–Crippen LogP) is 1.43. The average molecular weight is 335 g/mol. The maximum Gasteiger partial charge on any atom is 0.229 e. The Morgan fingerprint density at radius 2 is 1.96 bits per heavy atom. The maximum absolute atomic E-state index is 12.3. The highest BCUT2D eigenvalue weighted by Crippen LogP contribution is 2.30. The summed E-state index contributed by atoms with van der Waals surface area (Å²) in [5, 5.41) is 0.00971. The molecule has 1 aromatic heterocycles. The third kappa shape index (κ3) is 3.74. The van der Waals surface area contributed by atoms with Gasteiger partial charge in [-0.05, 0) is 19.3 Å². The fraction of sp³-hybridized carbons (Fsp3) is 0.600. The number of carbonyl (C=O) groups is 2. The lowest BCUT2D eigenvalue weighted by Gasteiger charge is -2.28. The van der Waals surface area contributed by atoms with Crippen LogP contribution < -0.4 is 15.5 Å². The van der Waals surface area contributed by atoms with Crippen LogP contribution in [0.1, 0.15) is 32.6 Å². The summed E-state index contributed by atoms with van der Waals surface area (Å²) >= 11 is 1.21. The summed E-state index contributed by atoms with van der Waals surface area (Å²) in [5.74, 6) is 1.47. The van der Waals surface area contributed by atoms with Gasteiger partial charge in [-0.1, -0.05) is 11.8 Å². The Balaban J connectivity index is 1.80. The predicted molar refractivity (Wildman–Crippen MR) is 91.5 cm³/mol. The van der Waals surface area contributed by atoms with E-state index in [9.17, 15) is 9.59 Å². The maximum atomic E-state index is 12.3. The number of hydrogen-bond acceptors (Lipinski definition) is 7. The van der Waals surface area contributed by atoms with Gasteiger partial charge in [0.05, 0.1) is 0 Å². The van der Waals surface area contributed by atoms with E-state index >= 15 is 0 Å². The van der Waals surface area contributed by atoms with Crippen molar-refractivity contribution in [1.82, 2.24) is 9.97 Å². The van der Waals surface area contributed by atoms with Crippen LogP contribution in [-0.4, -0.2) is 45.9 Å². The van der Waals surface area contributed by atoms with Gasteiger partial charge >= 0.3 is 0 Å². The summed E-state index contributed by atoms with van der Waals surface area (Å²) in [6, 6.07) is 1.83. The van der Waals surface area contributed by atoms with Crippen LogP contribution >= 0.6 is 11.8 Å². The van der Waals surface area contributed by atoms with E-state index < -0.39 is 0 Å². The van der Waals surface area contributed by atoms with Crippen LogP contribution in [0.15, 0.2) is 6.07 Å². The molecule has 1 aromatic rings. The van der Waals surface area contributed by atoms with Gasteiger partial charge in [-0.2, -0.15) is 9.97 Å². The Hall–Kier alpha value is -1.83. The molecule has 2 saturated heterocycles. The molecule has 1 atom stereocenters. The summed E-state index contributed by atoms with van der Waals surface area (Å²) in [6.45, 7) is 3.91. The molecule has 3 rings (SSSR count). The van der Waals surface area contributed by atoms with Gasteiger partial charge in [-0.3, -0.25) is 14.5 Å². The Morgan fingerprint density at radius 1 is 1.26 bits per heavy atom. The number of rotatable bonds is 3. The first-order valence-electron chi connectivity index (χ1n) is 7.90. The largest absolute Gasteiger partial charge is 0.368 e. The molecule has 8 heteroatoms. The van der Waals surface area contributed by atoms with E-state index in [2.05, 4.69) is 14.9 Å². The lowest BCUT2D eigenvalue weighted by atomic mass is 10.1. The zero-order valence-electron chi connectivity index (χ0n) is 13.2. The van der Waals surface area contributed by atoms with Crippen LogP contribution in [0.25, 0.3) is 0 Å². The van der Waals surface area contributed by atoms with E-state index in [0.717, 1.165) is 31.7 Å². The van der Waals surface area contributed by atoms with Gasteiger partial charge in [0.1, 0.15) is 11.6 Å². The van der Waals surface area contributed by atoms with Crippen molar-refractivity contribution < 1.29 is 9.59 Å². The molecule has 1 unspecified atom stereocenters. The van der Waals surface area contributed by atoms with E-state index in [0.29, 0.717) is 18.8 Å². The Labute approximate surface area is 139 Å². The van der Waals surface area contributed by atoms with E-state index in [-0.39, 0.29) is 22.2 Å². The Morgan fingerprint density at radius 3 is 2.65 bits per heavy atom. The average Bonchev–Trinajstić information content (AvgIpc) is 2.87. The number of nitrogens with two attached hydrogens (primary N) is 1. The van der Waals surface area contributed by atoms with Gasteiger partial charge in [0, 0.05) is 44.3 Å². The molecule has 2 fully saturated rings. The molecule has 0 spiro atoms. The fourth-order valence-electron chi connectivity index (χ4n) is 3.07. The van der Waals surface area contributed by atoms with E-state index in [1.54, 1.807) is 4.90 Å². The summed E-state index contributed by atoms with van der Waals surface area (Å²) in [4.78, 5) is 35.8. The van der Waals surface area contributed by atoms with Gasteiger partial charge < -0.3 is 10.6 Å². The number of piperidine rings is 1. The molecule has 124 valence electrons. The van der Waals surface area contributed by atoms with Gasteiger partial charge in [0.2, 0.25) is 11.9 Å². The second-order valence-electron chi connectivity index (χ2n) is 5.93. The molecule has 2 aliphatic rings. The van der Waals surface area contributed by atoms with Crippen LogP contribution in [0, 0.1) is 0 Å². The topological polar surface area (TPSA) is 92.4 Å². The molecule has 0 bridgehead atoms. The third-order valence-electron chi connectivity index (χ3n) is 4.10. The Bertz CT molecular complexity index is 618. The van der Waals surface area contributed by atoms with Gasteiger partial charge in [0.25, 0.3) is 0 Å². The summed E-state index contributed by atoms with van der Waals surface area (Å²) in [7, 11) is 0. The Kier molecular flexibility index (Phi) is 4.70. The second-order valence-corrected chi connectivity index (χ2v) is 7.41. The van der Waals surface area contributed by atoms with Gasteiger partial charge in [-0.15, -0.1) is 0 Å². The summed E-state index contributed by atoms with van der Waals surface area (Å²) < 4.78 is 0. The SMILES string of the molecule is CC(=O)SC1CC(=O)N(c2cc(N3CCCCC3)nc(N)n2)C1. The van der Waals surface area contributed by atoms with Crippen molar-refractivity contribution in [3.05, 3.63) is 6.07 Å². The molecule has 0 radical (unpaired) electrons.